The molecule has 0 atom stereocenters. The average Bonchev–Trinajstić information content (AvgIpc) is 3.58. The van der Waals surface area contributed by atoms with Gasteiger partial charge in [0.15, 0.2) is 5.65 Å². The molecule has 16 heteroatoms. The Morgan fingerprint density at radius 2 is 1.57 bits per heavy atom. The van der Waals surface area contributed by atoms with Crippen molar-refractivity contribution in [1.29, 1.82) is 0 Å². The number of piperazine rings is 1. The molecule has 2 N–H and O–H groups in total. The second-order valence-electron chi connectivity index (χ2n) is 9.01. The van der Waals surface area contributed by atoms with Crippen molar-refractivity contribution in [3.05, 3.63) is 72.3 Å². The van der Waals surface area contributed by atoms with E-state index in [2.05, 4.69) is 25.3 Å². The third kappa shape index (κ3) is 7.74. The summed E-state index contributed by atoms with van der Waals surface area (Å²) in [6.45, 7) is 3.26. The standard InChI is InChI=1S/C22H23F3N8O.C4H4O4/c1-30-16(8-10-26-30)9-15-34-18-4-2-17(3-5-18)31-11-13-32(14-12-31)20-7-6-19-27-28-21(22(23,24)25)33(19)29-20;5-3(6)1-2-4(7)8/h2-8,10H,9,11-15H2,1H3;1-2H,(H,5,6)(H,7,8). The van der Waals surface area contributed by atoms with Crippen LogP contribution in [-0.2, 0) is 29.2 Å². The molecule has 0 aliphatic carbocycles. The number of carbonyl (C=O) groups is 2. The Morgan fingerprint density at radius 1 is 0.929 bits per heavy atom. The maximum Gasteiger partial charge on any atom is 0.453 e. The quantitative estimate of drug-likeness (QED) is 0.292. The van der Waals surface area contributed by atoms with Crippen LogP contribution < -0.4 is 14.5 Å². The fourth-order valence-electron chi connectivity index (χ4n) is 4.13. The Bertz CT molecular complexity index is 1530. The van der Waals surface area contributed by atoms with Crippen molar-refractivity contribution in [2.24, 2.45) is 7.05 Å². The smallest absolute Gasteiger partial charge is 0.453 e. The summed E-state index contributed by atoms with van der Waals surface area (Å²) in [5.41, 5.74) is 2.25. The highest BCUT2D eigenvalue weighted by Gasteiger charge is 2.37. The largest absolute Gasteiger partial charge is 0.493 e. The summed E-state index contributed by atoms with van der Waals surface area (Å²) in [6.07, 6.45) is -0.949. The first-order chi connectivity index (χ1) is 20.0. The third-order valence-electron chi connectivity index (χ3n) is 6.23. The summed E-state index contributed by atoms with van der Waals surface area (Å²) < 4.78 is 47.9. The lowest BCUT2D eigenvalue weighted by atomic mass is 10.2. The number of ether oxygens (including phenoxy) is 1. The van der Waals surface area contributed by atoms with Gasteiger partial charge in [-0.05, 0) is 42.5 Å². The van der Waals surface area contributed by atoms with Gasteiger partial charge < -0.3 is 24.7 Å². The Hall–Kier alpha value is -5.15. The first kappa shape index (κ1) is 29.8. The van der Waals surface area contributed by atoms with Crippen LogP contribution in [0.15, 0.2) is 60.8 Å². The van der Waals surface area contributed by atoms with Gasteiger partial charge in [0, 0.05) is 69.4 Å². The molecule has 1 saturated heterocycles. The number of anilines is 2. The molecule has 222 valence electrons. The van der Waals surface area contributed by atoms with Gasteiger partial charge in [0.25, 0.3) is 5.82 Å². The van der Waals surface area contributed by atoms with Crippen molar-refractivity contribution in [2.75, 3.05) is 42.6 Å². The van der Waals surface area contributed by atoms with E-state index in [1.807, 2.05) is 47.0 Å². The summed E-state index contributed by atoms with van der Waals surface area (Å²) in [4.78, 5) is 23.3. The predicted molar refractivity (Wildman–Crippen MR) is 143 cm³/mol. The molecule has 0 spiro atoms. The number of benzene rings is 1. The maximum atomic E-state index is 13.1. The second kappa shape index (κ2) is 13.0. The van der Waals surface area contributed by atoms with E-state index >= 15 is 0 Å². The lowest BCUT2D eigenvalue weighted by molar-refractivity contribution is -0.146. The number of carboxylic acid groups (broad SMARTS) is 2. The van der Waals surface area contributed by atoms with Crippen molar-refractivity contribution in [1.82, 2.24) is 29.6 Å². The van der Waals surface area contributed by atoms with Gasteiger partial charge in [-0.15, -0.1) is 15.3 Å². The van der Waals surface area contributed by atoms with Crippen molar-refractivity contribution >= 4 is 29.1 Å². The van der Waals surface area contributed by atoms with E-state index in [0.29, 0.717) is 50.8 Å². The number of aryl methyl sites for hydroxylation is 1. The van der Waals surface area contributed by atoms with Gasteiger partial charge in [-0.1, -0.05) is 0 Å². The van der Waals surface area contributed by atoms with Gasteiger partial charge in [0.05, 0.1) is 6.61 Å². The summed E-state index contributed by atoms with van der Waals surface area (Å²) in [5, 5.41) is 30.7. The van der Waals surface area contributed by atoms with E-state index in [4.69, 9.17) is 14.9 Å². The van der Waals surface area contributed by atoms with Gasteiger partial charge in [-0.25, -0.2) is 9.59 Å². The molecule has 0 radical (unpaired) electrons. The number of alkyl halides is 3. The minimum Gasteiger partial charge on any atom is -0.493 e. The Morgan fingerprint density at radius 3 is 2.14 bits per heavy atom. The number of hydrogen-bond donors (Lipinski definition) is 2. The topological polar surface area (TPSA) is 151 Å². The number of carboxylic acids is 2. The number of aliphatic carboxylic acids is 2. The Kier molecular flexibility index (Phi) is 9.24. The second-order valence-corrected chi connectivity index (χ2v) is 9.01. The van der Waals surface area contributed by atoms with Crippen LogP contribution in [0.25, 0.3) is 5.65 Å². The predicted octanol–water partition coefficient (Wildman–Crippen LogP) is 2.54. The van der Waals surface area contributed by atoms with E-state index < -0.39 is 23.9 Å². The highest BCUT2D eigenvalue weighted by Crippen LogP contribution is 2.28. The fourth-order valence-corrected chi connectivity index (χ4v) is 4.13. The van der Waals surface area contributed by atoms with Gasteiger partial charge >= 0.3 is 18.1 Å². The fraction of sp³-hybridized carbons (Fsp3) is 0.308. The molecule has 42 heavy (non-hydrogen) atoms. The molecule has 5 rings (SSSR count). The SMILES string of the molecule is Cn1nccc1CCOc1ccc(N2CCN(c3ccc4nnc(C(F)(F)F)n4n3)CC2)cc1.O=C(O)C=CC(=O)O. The third-order valence-corrected chi connectivity index (χ3v) is 6.23. The van der Waals surface area contributed by atoms with Crippen LogP contribution in [0.4, 0.5) is 24.7 Å². The van der Waals surface area contributed by atoms with Crippen molar-refractivity contribution in [2.45, 2.75) is 12.6 Å². The van der Waals surface area contributed by atoms with Crippen molar-refractivity contribution in [3.63, 3.8) is 0 Å². The molecule has 1 aromatic carbocycles. The van der Waals surface area contributed by atoms with E-state index in [0.717, 1.165) is 28.1 Å². The molecule has 1 fully saturated rings. The monoisotopic (exact) mass is 588 g/mol. The highest BCUT2D eigenvalue weighted by molar-refractivity contribution is 5.89. The zero-order chi connectivity index (χ0) is 30.3. The Labute approximate surface area is 237 Å². The van der Waals surface area contributed by atoms with Crippen LogP contribution in [0.5, 0.6) is 5.75 Å². The molecule has 13 nitrogen and oxygen atoms in total. The van der Waals surface area contributed by atoms with Gasteiger partial charge in [0.2, 0.25) is 0 Å². The number of nitrogens with zero attached hydrogens (tertiary/aromatic N) is 8. The van der Waals surface area contributed by atoms with Crippen molar-refractivity contribution in [3.8, 4) is 5.75 Å². The molecule has 4 aromatic rings. The average molecular weight is 589 g/mol. The number of hydrogen-bond acceptors (Lipinski definition) is 9. The van der Waals surface area contributed by atoms with E-state index in [1.54, 1.807) is 12.3 Å². The number of aromatic nitrogens is 6. The molecule has 0 bridgehead atoms. The number of rotatable bonds is 8. The summed E-state index contributed by atoms with van der Waals surface area (Å²) in [5.74, 6) is -2.36. The maximum absolute atomic E-state index is 13.1. The number of fused-ring (bicyclic) bond motifs is 1. The van der Waals surface area contributed by atoms with E-state index in [9.17, 15) is 22.8 Å². The van der Waals surface area contributed by atoms with Crippen LogP contribution in [0, 0.1) is 0 Å². The lowest BCUT2D eigenvalue weighted by Gasteiger charge is -2.36. The molecule has 4 heterocycles. The van der Waals surface area contributed by atoms with Crippen LogP contribution in [-0.4, -0.2) is 84.5 Å². The van der Waals surface area contributed by atoms with Gasteiger partial charge in [0.1, 0.15) is 11.6 Å². The summed E-state index contributed by atoms with van der Waals surface area (Å²) >= 11 is 0. The normalized spacial score (nSPS) is 13.7. The molecule has 0 unspecified atom stereocenters. The van der Waals surface area contributed by atoms with Crippen molar-refractivity contribution < 1.29 is 37.7 Å². The summed E-state index contributed by atoms with van der Waals surface area (Å²) in [6, 6.07) is 13.1. The molecular weight excluding hydrogens is 561 g/mol. The molecule has 0 saturated carbocycles. The van der Waals surface area contributed by atoms with Gasteiger partial charge in [-0.3, -0.25) is 4.68 Å². The minimum absolute atomic E-state index is 0.0670. The minimum atomic E-state index is -4.61. The van der Waals surface area contributed by atoms with Gasteiger partial charge in [-0.2, -0.15) is 22.8 Å². The van der Waals surface area contributed by atoms with Crippen LogP contribution in [0.3, 0.4) is 0 Å². The lowest BCUT2D eigenvalue weighted by Crippen LogP contribution is -2.47. The van der Waals surface area contributed by atoms with E-state index in [-0.39, 0.29) is 5.65 Å². The highest BCUT2D eigenvalue weighted by atomic mass is 19.4. The first-order valence-electron chi connectivity index (χ1n) is 12.6. The number of halogens is 3. The molecular formula is C26H27F3N8O5. The first-order valence-corrected chi connectivity index (χ1v) is 12.6. The zero-order valence-electron chi connectivity index (χ0n) is 22.3. The van der Waals surface area contributed by atoms with Crippen LogP contribution >= 0.6 is 0 Å². The van der Waals surface area contributed by atoms with E-state index in [1.165, 1.54) is 6.07 Å². The molecule has 0 amide bonds. The molecule has 3 aromatic heterocycles. The Balaban J connectivity index is 0.000000446. The van der Waals surface area contributed by atoms with Crippen LogP contribution in [0.1, 0.15) is 11.5 Å². The molecule has 1 aliphatic rings. The van der Waals surface area contributed by atoms with Crippen LogP contribution in [0.2, 0.25) is 0 Å². The zero-order valence-corrected chi connectivity index (χ0v) is 22.3. The molecule has 1 aliphatic heterocycles. The summed E-state index contributed by atoms with van der Waals surface area (Å²) in [7, 11) is 1.91.